The van der Waals surface area contributed by atoms with E-state index in [-0.39, 0.29) is 4.34 Å². The molecule has 2 aromatic carbocycles. The summed E-state index contributed by atoms with van der Waals surface area (Å²) in [6, 6.07) is 20.3. The van der Waals surface area contributed by atoms with E-state index in [1.165, 1.54) is 0 Å². The average molecular weight is 438 g/mol. The second kappa shape index (κ2) is 7.71. The minimum Gasteiger partial charge on any atom is -0.222 e. The van der Waals surface area contributed by atoms with Gasteiger partial charge < -0.3 is 0 Å². The lowest BCUT2D eigenvalue weighted by Gasteiger charge is -2.14. The Morgan fingerprint density at radius 1 is 0.833 bits per heavy atom. The molecule has 2 aromatic heterocycles. The number of rotatable bonds is 4. The van der Waals surface area contributed by atoms with Crippen LogP contribution in [0, 0.1) is 20.8 Å². The normalized spacial score (nSPS) is 11.6. The first-order chi connectivity index (χ1) is 14.3. The third-order valence-electron chi connectivity index (χ3n) is 4.88. The number of hydrogen-bond donors (Lipinski definition) is 1. The van der Waals surface area contributed by atoms with Gasteiger partial charge in [0, 0.05) is 11.1 Å². The standard InChI is InChI=1S/C22H21N4O2S2/c1-14-12-19(17-10-6-4-8-15(17)2)26(21-24-25-22(29-21)30(23,27)28)20(13-14)18-11-7-5-9-16(18)3/h4-13H,1-3H3,(H2,23,27,28)/q+1. The first kappa shape index (κ1) is 20.3. The predicted octanol–water partition coefficient (Wildman–Crippen LogP) is 3.72. The highest BCUT2D eigenvalue weighted by molar-refractivity contribution is 7.91. The lowest BCUT2D eigenvalue weighted by molar-refractivity contribution is -0.572. The van der Waals surface area contributed by atoms with Gasteiger partial charge in [0.15, 0.2) is 0 Å². The summed E-state index contributed by atoms with van der Waals surface area (Å²) in [6.07, 6.45) is 0. The highest BCUT2D eigenvalue weighted by Crippen LogP contribution is 2.29. The van der Waals surface area contributed by atoms with Crippen LogP contribution in [0.5, 0.6) is 0 Å². The number of benzene rings is 2. The predicted molar refractivity (Wildman–Crippen MR) is 118 cm³/mol. The molecule has 0 aliphatic heterocycles. The van der Waals surface area contributed by atoms with Gasteiger partial charge in [-0.1, -0.05) is 48.5 Å². The highest BCUT2D eigenvalue weighted by atomic mass is 32.2. The van der Waals surface area contributed by atoms with Crippen LogP contribution in [0.15, 0.2) is 65.0 Å². The summed E-state index contributed by atoms with van der Waals surface area (Å²) in [5.74, 6) is 0. The van der Waals surface area contributed by atoms with Crippen molar-refractivity contribution in [3.8, 4) is 27.6 Å². The summed E-state index contributed by atoms with van der Waals surface area (Å²) < 4.78 is 25.4. The zero-order valence-electron chi connectivity index (χ0n) is 16.8. The Bertz CT molecular complexity index is 1290. The largest absolute Gasteiger partial charge is 0.416 e. The van der Waals surface area contributed by atoms with Gasteiger partial charge >= 0.3 is 5.13 Å². The smallest absolute Gasteiger partial charge is 0.222 e. The monoisotopic (exact) mass is 437 g/mol. The average Bonchev–Trinajstić information content (AvgIpc) is 3.18. The first-order valence-electron chi connectivity index (χ1n) is 9.31. The third-order valence-corrected chi connectivity index (χ3v) is 7.10. The van der Waals surface area contributed by atoms with E-state index in [0.29, 0.717) is 5.13 Å². The van der Waals surface area contributed by atoms with Gasteiger partial charge in [-0.15, -0.1) is 0 Å². The van der Waals surface area contributed by atoms with Gasteiger partial charge in [-0.3, -0.25) is 0 Å². The van der Waals surface area contributed by atoms with E-state index in [1.54, 1.807) is 0 Å². The molecular weight excluding hydrogens is 416 g/mol. The Morgan fingerprint density at radius 2 is 1.33 bits per heavy atom. The Morgan fingerprint density at radius 3 is 1.77 bits per heavy atom. The van der Waals surface area contributed by atoms with Gasteiger partial charge in [-0.2, -0.15) is 4.57 Å². The quantitative estimate of drug-likeness (QED) is 0.493. The van der Waals surface area contributed by atoms with Crippen LogP contribution < -0.4 is 9.71 Å². The number of aryl methyl sites for hydroxylation is 3. The maximum Gasteiger partial charge on any atom is 0.416 e. The van der Waals surface area contributed by atoms with Crippen molar-refractivity contribution in [1.29, 1.82) is 0 Å². The van der Waals surface area contributed by atoms with Crippen LogP contribution in [0.3, 0.4) is 0 Å². The number of hydrogen-bond acceptors (Lipinski definition) is 5. The van der Waals surface area contributed by atoms with Gasteiger partial charge in [0.2, 0.25) is 0 Å². The summed E-state index contributed by atoms with van der Waals surface area (Å²) in [5, 5.41) is 13.8. The molecule has 152 valence electrons. The summed E-state index contributed by atoms with van der Waals surface area (Å²) >= 11 is 0.956. The molecule has 4 rings (SSSR count). The number of primary sulfonamides is 1. The Hall–Kier alpha value is -2.94. The van der Waals surface area contributed by atoms with E-state index in [0.717, 1.165) is 50.5 Å². The van der Waals surface area contributed by atoms with Crippen molar-refractivity contribution in [2.24, 2.45) is 5.14 Å². The van der Waals surface area contributed by atoms with E-state index in [4.69, 9.17) is 5.14 Å². The van der Waals surface area contributed by atoms with E-state index < -0.39 is 10.0 Å². The number of pyridine rings is 1. The topological polar surface area (TPSA) is 89.8 Å². The lowest BCUT2D eigenvalue weighted by atomic mass is 9.99. The molecule has 4 aromatic rings. The van der Waals surface area contributed by atoms with Crippen LogP contribution >= 0.6 is 11.3 Å². The van der Waals surface area contributed by atoms with Crippen molar-refractivity contribution in [3.63, 3.8) is 0 Å². The van der Waals surface area contributed by atoms with E-state index in [1.807, 2.05) is 73.9 Å². The maximum absolute atomic E-state index is 11.8. The van der Waals surface area contributed by atoms with Crippen LogP contribution in [0.25, 0.3) is 27.6 Å². The fraction of sp³-hybridized carbons (Fsp3) is 0.136. The van der Waals surface area contributed by atoms with Gasteiger partial charge in [0.1, 0.15) is 11.4 Å². The number of nitrogens with two attached hydrogens (primary N) is 1. The molecule has 0 unspecified atom stereocenters. The van der Waals surface area contributed by atoms with Gasteiger partial charge in [-0.05, 0) is 66.0 Å². The molecule has 8 heteroatoms. The molecule has 0 saturated carbocycles. The molecule has 0 saturated heterocycles. The fourth-order valence-corrected chi connectivity index (χ4v) is 4.91. The SMILES string of the molecule is Cc1cc(-c2ccccc2C)[n+](-c2nnc(S(N)(=O)=O)s2)c(-c2ccccc2C)c1. The summed E-state index contributed by atoms with van der Waals surface area (Å²) in [4.78, 5) is 0. The molecule has 30 heavy (non-hydrogen) atoms. The van der Waals surface area contributed by atoms with Crippen LogP contribution in [-0.4, -0.2) is 18.6 Å². The first-order valence-corrected chi connectivity index (χ1v) is 11.7. The van der Waals surface area contributed by atoms with Crippen molar-refractivity contribution in [2.45, 2.75) is 25.1 Å². The molecule has 0 atom stereocenters. The molecule has 0 bridgehead atoms. The van der Waals surface area contributed by atoms with Crippen LogP contribution in [0.1, 0.15) is 16.7 Å². The van der Waals surface area contributed by atoms with E-state index >= 15 is 0 Å². The molecule has 2 N–H and O–H groups in total. The van der Waals surface area contributed by atoms with Crippen molar-refractivity contribution in [2.75, 3.05) is 0 Å². The molecule has 0 fully saturated rings. The molecule has 6 nitrogen and oxygen atoms in total. The lowest BCUT2D eigenvalue weighted by Crippen LogP contribution is -2.36. The van der Waals surface area contributed by atoms with Crippen LogP contribution in [0.4, 0.5) is 0 Å². The van der Waals surface area contributed by atoms with Crippen LogP contribution in [-0.2, 0) is 10.0 Å². The zero-order chi connectivity index (χ0) is 21.5. The van der Waals surface area contributed by atoms with Gasteiger partial charge in [0.05, 0.1) is 5.10 Å². The fourth-order valence-electron chi connectivity index (χ4n) is 3.46. The molecule has 0 spiro atoms. The molecule has 0 aliphatic carbocycles. The van der Waals surface area contributed by atoms with Crippen molar-refractivity contribution < 1.29 is 13.0 Å². The van der Waals surface area contributed by atoms with Crippen molar-refractivity contribution in [3.05, 3.63) is 77.4 Å². The zero-order valence-corrected chi connectivity index (χ0v) is 18.5. The molecule has 0 amide bonds. The molecule has 0 aliphatic rings. The minimum absolute atomic E-state index is 0.211. The maximum atomic E-state index is 11.8. The molecule has 0 radical (unpaired) electrons. The number of nitrogens with zero attached hydrogens (tertiary/aromatic N) is 3. The van der Waals surface area contributed by atoms with Crippen molar-refractivity contribution >= 4 is 21.4 Å². The minimum atomic E-state index is -3.94. The summed E-state index contributed by atoms with van der Waals surface area (Å²) in [7, 11) is -3.94. The molecule has 2 heterocycles. The number of aromatic nitrogens is 3. The Kier molecular flexibility index (Phi) is 5.23. The summed E-state index contributed by atoms with van der Waals surface area (Å²) in [5.41, 5.74) is 7.16. The van der Waals surface area contributed by atoms with Crippen LogP contribution in [0.2, 0.25) is 0 Å². The van der Waals surface area contributed by atoms with E-state index in [2.05, 4.69) is 22.3 Å². The van der Waals surface area contributed by atoms with Gasteiger partial charge in [0.25, 0.3) is 14.4 Å². The second-order valence-electron chi connectivity index (χ2n) is 7.16. The van der Waals surface area contributed by atoms with E-state index in [9.17, 15) is 8.42 Å². The summed E-state index contributed by atoms with van der Waals surface area (Å²) in [6.45, 7) is 6.14. The van der Waals surface area contributed by atoms with Gasteiger partial charge in [-0.25, -0.2) is 13.6 Å². The Labute approximate surface area is 179 Å². The number of sulfonamides is 1. The second-order valence-corrected chi connectivity index (χ2v) is 9.86. The third kappa shape index (κ3) is 3.77. The highest BCUT2D eigenvalue weighted by Gasteiger charge is 2.29. The Balaban J connectivity index is 2.11. The molecular formula is C22H21N4O2S2+. The van der Waals surface area contributed by atoms with Crippen molar-refractivity contribution in [1.82, 2.24) is 10.2 Å².